The number of rotatable bonds is 1. The summed E-state index contributed by atoms with van der Waals surface area (Å²) in [7, 11) is 1.66. The average Bonchev–Trinajstić information content (AvgIpc) is 3.00. The summed E-state index contributed by atoms with van der Waals surface area (Å²) >= 11 is 1.40. The number of nitrogens with one attached hydrogen (secondary N) is 1. The van der Waals surface area contributed by atoms with E-state index in [2.05, 4.69) is 10.3 Å². The van der Waals surface area contributed by atoms with Gasteiger partial charge in [-0.25, -0.2) is 0 Å². The first-order chi connectivity index (χ1) is 9.05. The number of aliphatic hydroxyl groups excluding tert-OH is 2. The molecule has 0 aromatic rings. The standard InChI is InChI=1S/C12H20N2O4S/c1-13-11-14-6-7(15)8(16)9(18-10(6)19-11)12(17)4-2-3-5-12/h6-10,15-17H,2-5H2,1H3,(H,13,14). The zero-order chi connectivity index (χ0) is 13.6. The van der Waals surface area contributed by atoms with E-state index < -0.39 is 23.9 Å². The summed E-state index contributed by atoms with van der Waals surface area (Å²) < 4.78 is 5.87. The van der Waals surface area contributed by atoms with Crippen molar-refractivity contribution in [1.29, 1.82) is 0 Å². The van der Waals surface area contributed by atoms with Crippen LogP contribution < -0.4 is 5.32 Å². The zero-order valence-electron chi connectivity index (χ0n) is 10.8. The molecule has 0 aromatic heterocycles. The third kappa shape index (κ3) is 2.17. The number of fused-ring (bicyclic) bond motifs is 1. The Balaban J connectivity index is 1.81. The van der Waals surface area contributed by atoms with Gasteiger partial charge < -0.3 is 25.4 Å². The minimum Gasteiger partial charge on any atom is -0.388 e. The predicted molar refractivity (Wildman–Crippen MR) is 72.0 cm³/mol. The molecule has 0 amide bonds. The Kier molecular flexibility index (Phi) is 3.51. The molecule has 1 aliphatic carbocycles. The maximum atomic E-state index is 10.6. The molecule has 3 rings (SSSR count). The van der Waals surface area contributed by atoms with E-state index >= 15 is 0 Å². The van der Waals surface area contributed by atoms with Gasteiger partial charge in [0.15, 0.2) is 5.17 Å². The van der Waals surface area contributed by atoms with Crippen LogP contribution in [-0.4, -0.2) is 62.9 Å². The number of nitrogens with zero attached hydrogens (tertiary/aromatic N) is 1. The third-order valence-corrected chi connectivity index (χ3v) is 5.48. The van der Waals surface area contributed by atoms with Gasteiger partial charge in [-0.15, -0.1) is 0 Å². The maximum absolute atomic E-state index is 10.6. The van der Waals surface area contributed by atoms with Gasteiger partial charge in [-0.2, -0.15) is 0 Å². The van der Waals surface area contributed by atoms with E-state index in [1.54, 1.807) is 7.05 Å². The van der Waals surface area contributed by atoms with Crippen molar-refractivity contribution in [1.82, 2.24) is 5.32 Å². The van der Waals surface area contributed by atoms with Crippen molar-refractivity contribution in [2.45, 2.75) is 61.1 Å². The van der Waals surface area contributed by atoms with Crippen LogP contribution in [0.25, 0.3) is 0 Å². The van der Waals surface area contributed by atoms with Crippen molar-refractivity contribution >= 4 is 16.9 Å². The Morgan fingerprint density at radius 2 is 2.00 bits per heavy atom. The van der Waals surface area contributed by atoms with Crippen LogP contribution in [0.3, 0.4) is 0 Å². The maximum Gasteiger partial charge on any atom is 0.159 e. The molecule has 5 unspecified atom stereocenters. The summed E-state index contributed by atoms with van der Waals surface area (Å²) in [6.07, 6.45) is 0.336. The normalized spacial score (nSPS) is 47.2. The van der Waals surface area contributed by atoms with E-state index in [-0.39, 0.29) is 11.5 Å². The van der Waals surface area contributed by atoms with Gasteiger partial charge in [-0.05, 0) is 12.8 Å². The summed E-state index contributed by atoms with van der Waals surface area (Å²) in [6, 6.07) is -0.375. The van der Waals surface area contributed by atoms with Crippen LogP contribution in [0, 0.1) is 0 Å². The lowest BCUT2D eigenvalue weighted by molar-refractivity contribution is -0.217. The van der Waals surface area contributed by atoms with Crippen molar-refractivity contribution in [2.75, 3.05) is 7.05 Å². The summed E-state index contributed by atoms with van der Waals surface area (Å²) in [5, 5.41) is 34.8. The number of thioether (sulfide) groups is 1. The monoisotopic (exact) mass is 288 g/mol. The van der Waals surface area contributed by atoms with E-state index in [1.165, 1.54) is 11.8 Å². The second-order valence-electron chi connectivity index (χ2n) is 5.53. The summed E-state index contributed by atoms with van der Waals surface area (Å²) in [5.74, 6) is 0. The van der Waals surface area contributed by atoms with E-state index in [9.17, 15) is 15.3 Å². The minimum absolute atomic E-state index is 0.313. The fourth-order valence-electron chi connectivity index (χ4n) is 3.24. The molecular weight excluding hydrogens is 268 g/mol. The second-order valence-corrected chi connectivity index (χ2v) is 6.62. The average molecular weight is 288 g/mol. The van der Waals surface area contributed by atoms with Gasteiger partial charge >= 0.3 is 0 Å². The van der Waals surface area contributed by atoms with Gasteiger partial charge in [-0.1, -0.05) is 24.6 Å². The number of hydrogen-bond acceptors (Lipinski definition) is 6. The molecule has 0 aromatic carbocycles. The molecule has 1 saturated carbocycles. The van der Waals surface area contributed by atoms with Crippen LogP contribution in [0.5, 0.6) is 0 Å². The topological polar surface area (TPSA) is 94.3 Å². The molecule has 2 saturated heterocycles. The first-order valence-electron chi connectivity index (χ1n) is 6.69. The lowest BCUT2D eigenvalue weighted by Gasteiger charge is -2.44. The van der Waals surface area contributed by atoms with E-state index in [0.717, 1.165) is 12.8 Å². The van der Waals surface area contributed by atoms with Crippen LogP contribution in [-0.2, 0) is 4.74 Å². The van der Waals surface area contributed by atoms with Crippen LogP contribution in [0.2, 0.25) is 0 Å². The molecule has 108 valence electrons. The number of ether oxygens (including phenoxy) is 1. The number of amidine groups is 1. The Morgan fingerprint density at radius 3 is 2.63 bits per heavy atom. The molecule has 19 heavy (non-hydrogen) atoms. The zero-order valence-corrected chi connectivity index (χ0v) is 11.6. The molecule has 4 N–H and O–H groups in total. The largest absolute Gasteiger partial charge is 0.388 e. The molecule has 2 aliphatic heterocycles. The van der Waals surface area contributed by atoms with Gasteiger partial charge in [0.2, 0.25) is 0 Å². The van der Waals surface area contributed by atoms with Gasteiger partial charge in [0.25, 0.3) is 0 Å². The lowest BCUT2D eigenvalue weighted by Crippen LogP contribution is -2.64. The fraction of sp³-hybridized carbons (Fsp3) is 0.917. The quantitative estimate of drug-likeness (QED) is 0.516. The van der Waals surface area contributed by atoms with Crippen molar-refractivity contribution < 1.29 is 20.1 Å². The van der Waals surface area contributed by atoms with Gasteiger partial charge in [0.05, 0.1) is 11.6 Å². The summed E-state index contributed by atoms with van der Waals surface area (Å²) in [4.78, 5) is 4.04. The molecule has 0 radical (unpaired) electrons. The highest BCUT2D eigenvalue weighted by atomic mass is 32.2. The van der Waals surface area contributed by atoms with Crippen LogP contribution in [0.1, 0.15) is 25.7 Å². The van der Waals surface area contributed by atoms with Crippen molar-refractivity contribution in [3.63, 3.8) is 0 Å². The Bertz CT molecular complexity index is 386. The Labute approximate surface area is 116 Å². The van der Waals surface area contributed by atoms with Crippen LogP contribution in [0.4, 0.5) is 0 Å². The molecule has 0 bridgehead atoms. The summed E-state index contributed by atoms with van der Waals surface area (Å²) in [5.41, 5.74) is -1.33. The highest BCUT2D eigenvalue weighted by Crippen LogP contribution is 2.42. The Hall–Kier alpha value is -0.340. The van der Waals surface area contributed by atoms with E-state index in [4.69, 9.17) is 4.74 Å². The molecular formula is C12H20N2O4S. The highest BCUT2D eigenvalue weighted by Gasteiger charge is 2.55. The number of aliphatic hydroxyl groups is 3. The number of aliphatic imine (C=N–C) groups is 1. The van der Waals surface area contributed by atoms with Gasteiger partial charge in [-0.3, -0.25) is 4.99 Å². The molecule has 3 fully saturated rings. The fourth-order valence-corrected chi connectivity index (χ4v) is 4.32. The minimum atomic E-state index is -1.08. The second kappa shape index (κ2) is 4.89. The summed E-state index contributed by atoms with van der Waals surface area (Å²) in [6.45, 7) is 0. The van der Waals surface area contributed by atoms with Crippen molar-refractivity contribution in [2.24, 2.45) is 4.99 Å². The molecule has 0 spiro atoms. The molecule has 7 heteroatoms. The van der Waals surface area contributed by atoms with Crippen molar-refractivity contribution in [3.05, 3.63) is 0 Å². The number of hydrogen-bond donors (Lipinski definition) is 4. The SMILES string of the molecule is CN=C1NC2C(OC(C3(O)CCCC3)C(O)C2O)S1. The third-order valence-electron chi connectivity index (χ3n) is 4.32. The molecule has 6 nitrogen and oxygen atoms in total. The first-order valence-corrected chi connectivity index (χ1v) is 7.57. The first kappa shape index (κ1) is 13.6. The molecule has 5 atom stereocenters. The lowest BCUT2D eigenvalue weighted by atomic mass is 9.85. The highest BCUT2D eigenvalue weighted by molar-refractivity contribution is 8.14. The van der Waals surface area contributed by atoms with Gasteiger partial charge in [0.1, 0.15) is 23.7 Å². The smallest absolute Gasteiger partial charge is 0.159 e. The molecule has 3 aliphatic rings. The van der Waals surface area contributed by atoms with Crippen molar-refractivity contribution in [3.8, 4) is 0 Å². The van der Waals surface area contributed by atoms with Gasteiger partial charge in [0, 0.05) is 7.05 Å². The van der Waals surface area contributed by atoms with Crippen LogP contribution >= 0.6 is 11.8 Å². The van der Waals surface area contributed by atoms with Crippen LogP contribution in [0.15, 0.2) is 4.99 Å². The Morgan fingerprint density at radius 1 is 1.32 bits per heavy atom. The van der Waals surface area contributed by atoms with E-state index in [1.807, 2.05) is 0 Å². The molecule has 2 heterocycles. The predicted octanol–water partition coefficient (Wildman–Crippen LogP) is -0.571. The van der Waals surface area contributed by atoms with E-state index in [0.29, 0.717) is 18.0 Å².